The Morgan fingerprint density at radius 2 is 1.71 bits per heavy atom. The Morgan fingerprint density at radius 3 is 2.42 bits per heavy atom. The fraction of sp³-hybridized carbons (Fsp3) is 0.0556. The minimum Gasteiger partial charge on any atom is -0.306 e. The first-order valence-electron chi connectivity index (χ1n) is 7.16. The molecule has 0 aliphatic rings. The highest BCUT2D eigenvalue weighted by Crippen LogP contribution is 2.35. The van der Waals surface area contributed by atoms with Crippen molar-refractivity contribution < 1.29 is 13.2 Å². The third-order valence-electron chi connectivity index (χ3n) is 3.97. The lowest BCUT2D eigenvalue weighted by Crippen LogP contribution is -2.04. The van der Waals surface area contributed by atoms with Gasteiger partial charge in [-0.15, -0.1) is 0 Å². The van der Waals surface area contributed by atoms with Gasteiger partial charge < -0.3 is 4.40 Å². The van der Waals surface area contributed by atoms with Crippen molar-refractivity contribution in [3.8, 4) is 11.1 Å². The number of hydrogen-bond acceptors (Lipinski definition) is 1. The summed E-state index contributed by atoms with van der Waals surface area (Å²) in [4.78, 5) is 4.36. The van der Waals surface area contributed by atoms with Crippen LogP contribution in [0, 0.1) is 0 Å². The average Bonchev–Trinajstić information content (AvgIpc) is 3.02. The normalized spacial score (nSPS) is 12.2. The second-order valence-corrected chi connectivity index (χ2v) is 6.38. The van der Waals surface area contributed by atoms with Gasteiger partial charge in [0, 0.05) is 34.0 Å². The summed E-state index contributed by atoms with van der Waals surface area (Å²) in [7, 11) is 0. The van der Waals surface area contributed by atoms with E-state index in [-0.39, 0.29) is 0 Å². The molecule has 2 heterocycles. The number of halogens is 4. The molecule has 4 rings (SSSR count). The van der Waals surface area contributed by atoms with Crippen molar-refractivity contribution >= 4 is 32.3 Å². The molecule has 0 aliphatic heterocycles. The van der Waals surface area contributed by atoms with Gasteiger partial charge in [0.15, 0.2) is 0 Å². The van der Waals surface area contributed by atoms with Crippen LogP contribution in [0.25, 0.3) is 27.5 Å². The molecule has 0 unspecified atom stereocenters. The maximum atomic E-state index is 12.8. The number of nitrogens with zero attached hydrogens (tertiary/aromatic N) is 2. The van der Waals surface area contributed by atoms with Crippen LogP contribution in [0.15, 0.2) is 65.5 Å². The van der Waals surface area contributed by atoms with Crippen LogP contribution >= 0.6 is 15.9 Å². The molecule has 4 aromatic rings. The van der Waals surface area contributed by atoms with Crippen LogP contribution in [0.2, 0.25) is 0 Å². The molecule has 2 aromatic carbocycles. The minimum absolute atomic E-state index is 0.651. The Kier molecular flexibility index (Phi) is 3.38. The first kappa shape index (κ1) is 15.2. The van der Waals surface area contributed by atoms with Gasteiger partial charge in [0.2, 0.25) is 0 Å². The highest BCUT2D eigenvalue weighted by Gasteiger charge is 2.30. The highest BCUT2D eigenvalue weighted by molar-refractivity contribution is 9.10. The highest BCUT2D eigenvalue weighted by atomic mass is 79.9. The molecule has 0 bridgehead atoms. The molecule has 0 N–H and O–H groups in total. The maximum absolute atomic E-state index is 12.8. The molecule has 120 valence electrons. The Morgan fingerprint density at radius 1 is 0.958 bits per heavy atom. The lowest BCUT2D eigenvalue weighted by atomic mass is 9.99. The fourth-order valence-electron chi connectivity index (χ4n) is 2.84. The van der Waals surface area contributed by atoms with E-state index in [2.05, 4.69) is 20.9 Å². The van der Waals surface area contributed by atoms with Crippen LogP contribution in [0.3, 0.4) is 0 Å². The Balaban J connectivity index is 1.98. The van der Waals surface area contributed by atoms with Crippen LogP contribution in [0.1, 0.15) is 5.56 Å². The van der Waals surface area contributed by atoms with E-state index in [1.165, 1.54) is 12.1 Å². The van der Waals surface area contributed by atoms with Crippen molar-refractivity contribution in [3.05, 3.63) is 71.1 Å². The van der Waals surface area contributed by atoms with Crippen LogP contribution in [-0.4, -0.2) is 9.38 Å². The predicted octanol–water partition coefficient (Wildman–Crippen LogP) is 5.94. The average molecular weight is 391 g/mol. The molecule has 0 saturated heterocycles. The Bertz CT molecular complexity index is 1050. The van der Waals surface area contributed by atoms with Crippen molar-refractivity contribution in [1.29, 1.82) is 0 Å². The second-order valence-electron chi connectivity index (χ2n) is 5.47. The monoisotopic (exact) mass is 390 g/mol. The number of hydrogen-bond donors (Lipinski definition) is 0. The van der Waals surface area contributed by atoms with Gasteiger partial charge in [0.25, 0.3) is 0 Å². The van der Waals surface area contributed by atoms with Crippen LogP contribution < -0.4 is 0 Å². The molecule has 0 radical (unpaired) electrons. The maximum Gasteiger partial charge on any atom is 0.416 e. The van der Waals surface area contributed by atoms with Crippen molar-refractivity contribution in [1.82, 2.24) is 9.38 Å². The third-order valence-corrected chi connectivity index (χ3v) is 4.47. The molecule has 0 fully saturated rings. The summed E-state index contributed by atoms with van der Waals surface area (Å²) in [5, 5.41) is 1.88. The van der Waals surface area contributed by atoms with E-state index >= 15 is 0 Å². The molecule has 6 heteroatoms. The lowest BCUT2D eigenvalue weighted by Gasteiger charge is -2.11. The summed E-state index contributed by atoms with van der Waals surface area (Å²) < 4.78 is 41.1. The molecule has 0 aliphatic carbocycles. The van der Waals surface area contributed by atoms with Gasteiger partial charge in [0.1, 0.15) is 5.65 Å². The summed E-state index contributed by atoms with van der Waals surface area (Å²) in [6.45, 7) is 0. The summed E-state index contributed by atoms with van der Waals surface area (Å²) in [6.07, 6.45) is 1.08. The predicted molar refractivity (Wildman–Crippen MR) is 90.8 cm³/mol. The second kappa shape index (κ2) is 5.34. The zero-order valence-electron chi connectivity index (χ0n) is 12.2. The fourth-order valence-corrected chi connectivity index (χ4v) is 3.20. The Labute approximate surface area is 143 Å². The molecule has 0 amide bonds. The van der Waals surface area contributed by atoms with Crippen LogP contribution in [-0.2, 0) is 6.18 Å². The van der Waals surface area contributed by atoms with Crippen LogP contribution in [0.5, 0.6) is 0 Å². The van der Waals surface area contributed by atoms with Gasteiger partial charge in [-0.25, -0.2) is 4.98 Å². The van der Waals surface area contributed by atoms with Gasteiger partial charge >= 0.3 is 6.18 Å². The topological polar surface area (TPSA) is 17.3 Å². The van der Waals surface area contributed by atoms with E-state index in [1.54, 1.807) is 6.20 Å². The van der Waals surface area contributed by atoms with Crippen molar-refractivity contribution in [2.75, 3.05) is 0 Å². The first-order valence-corrected chi connectivity index (χ1v) is 7.95. The van der Waals surface area contributed by atoms with E-state index in [0.717, 1.165) is 44.2 Å². The summed E-state index contributed by atoms with van der Waals surface area (Å²) in [6, 6.07) is 11.0. The number of aromatic nitrogens is 2. The van der Waals surface area contributed by atoms with Gasteiger partial charge in [-0.2, -0.15) is 13.2 Å². The molecule has 0 atom stereocenters. The molecule has 24 heavy (non-hydrogen) atoms. The van der Waals surface area contributed by atoms with Crippen molar-refractivity contribution in [2.45, 2.75) is 6.18 Å². The minimum atomic E-state index is -4.33. The van der Waals surface area contributed by atoms with Crippen molar-refractivity contribution in [2.24, 2.45) is 0 Å². The molecule has 2 nitrogen and oxygen atoms in total. The summed E-state index contributed by atoms with van der Waals surface area (Å²) >= 11 is 3.46. The SMILES string of the molecule is FC(F)(F)c1ccc(-c2cn3ccnc3c3cc(Br)ccc23)cc1. The quantitative estimate of drug-likeness (QED) is 0.393. The number of imidazole rings is 1. The standard InChI is InChI=1S/C18H10BrF3N2/c19-13-5-6-14-15(9-13)17-23-7-8-24(17)10-16(14)11-1-3-12(4-2-11)18(20,21)22/h1-10H. The van der Waals surface area contributed by atoms with E-state index < -0.39 is 11.7 Å². The molecular formula is C18H10BrF3N2. The first-order chi connectivity index (χ1) is 11.4. The number of benzene rings is 2. The molecule has 2 aromatic heterocycles. The lowest BCUT2D eigenvalue weighted by molar-refractivity contribution is -0.137. The number of pyridine rings is 1. The van der Waals surface area contributed by atoms with Crippen molar-refractivity contribution in [3.63, 3.8) is 0 Å². The number of fused-ring (bicyclic) bond motifs is 3. The van der Waals surface area contributed by atoms with Gasteiger partial charge in [-0.1, -0.05) is 34.1 Å². The summed E-state index contributed by atoms with van der Waals surface area (Å²) in [5.74, 6) is 0. The molecule has 0 spiro atoms. The van der Waals surface area contributed by atoms with E-state index in [9.17, 15) is 13.2 Å². The molecule has 0 saturated carbocycles. The van der Waals surface area contributed by atoms with Crippen LogP contribution in [0.4, 0.5) is 13.2 Å². The zero-order chi connectivity index (χ0) is 16.9. The number of alkyl halides is 3. The van der Waals surface area contributed by atoms with E-state index in [0.29, 0.717) is 0 Å². The number of rotatable bonds is 1. The third kappa shape index (κ3) is 2.47. The zero-order valence-corrected chi connectivity index (χ0v) is 13.8. The smallest absolute Gasteiger partial charge is 0.306 e. The van der Waals surface area contributed by atoms with Gasteiger partial charge in [-0.3, -0.25) is 0 Å². The van der Waals surface area contributed by atoms with E-state index in [4.69, 9.17) is 0 Å². The Hall–Kier alpha value is -2.34. The van der Waals surface area contributed by atoms with E-state index in [1.807, 2.05) is 35.0 Å². The summed E-state index contributed by atoms with van der Waals surface area (Å²) in [5.41, 5.74) is 1.74. The van der Waals surface area contributed by atoms with Gasteiger partial charge in [0.05, 0.1) is 5.56 Å². The molecular weight excluding hydrogens is 381 g/mol. The largest absolute Gasteiger partial charge is 0.416 e. The van der Waals surface area contributed by atoms with Gasteiger partial charge in [-0.05, 0) is 35.2 Å².